The first-order chi connectivity index (χ1) is 7.29. The first-order valence-corrected chi connectivity index (χ1v) is 5.43. The van der Waals surface area contributed by atoms with Gasteiger partial charge in [-0.25, -0.2) is 0 Å². The lowest BCUT2D eigenvalue weighted by Crippen LogP contribution is -2.22. The number of hydrogen-bond acceptors (Lipinski definition) is 3. The third-order valence-corrected chi connectivity index (χ3v) is 2.59. The highest BCUT2D eigenvalue weighted by molar-refractivity contribution is 5.44. The molecule has 0 aliphatic carbocycles. The lowest BCUT2D eigenvalue weighted by atomic mass is 10.0. The van der Waals surface area contributed by atoms with Gasteiger partial charge in [0.15, 0.2) is 11.5 Å². The molecule has 0 spiro atoms. The van der Waals surface area contributed by atoms with E-state index in [0.29, 0.717) is 6.79 Å². The van der Waals surface area contributed by atoms with Gasteiger partial charge in [0.25, 0.3) is 0 Å². The molecule has 1 atom stereocenters. The van der Waals surface area contributed by atoms with Gasteiger partial charge in [-0.1, -0.05) is 19.4 Å². The molecule has 2 N–H and O–H groups in total. The van der Waals surface area contributed by atoms with Gasteiger partial charge in [0.2, 0.25) is 6.79 Å². The minimum Gasteiger partial charge on any atom is -0.454 e. The molecule has 1 heterocycles. The van der Waals surface area contributed by atoms with E-state index in [-0.39, 0.29) is 6.04 Å². The number of ether oxygens (including phenoxy) is 2. The van der Waals surface area contributed by atoms with E-state index >= 15 is 0 Å². The van der Waals surface area contributed by atoms with Crippen molar-refractivity contribution in [2.75, 3.05) is 6.79 Å². The lowest BCUT2D eigenvalue weighted by Gasteiger charge is -2.10. The Morgan fingerprint density at radius 2 is 2.13 bits per heavy atom. The quantitative estimate of drug-likeness (QED) is 0.822. The fraction of sp³-hybridized carbons (Fsp3) is 0.500. The molecule has 15 heavy (non-hydrogen) atoms. The molecule has 1 unspecified atom stereocenters. The molecule has 3 nitrogen and oxygen atoms in total. The highest BCUT2D eigenvalue weighted by atomic mass is 16.7. The fourth-order valence-corrected chi connectivity index (χ4v) is 1.84. The van der Waals surface area contributed by atoms with Crippen LogP contribution in [0.2, 0.25) is 0 Å². The lowest BCUT2D eigenvalue weighted by molar-refractivity contribution is 0.174. The number of fused-ring (bicyclic) bond motifs is 1. The molecule has 1 aromatic carbocycles. The molecule has 0 bridgehead atoms. The van der Waals surface area contributed by atoms with E-state index in [1.807, 2.05) is 12.1 Å². The summed E-state index contributed by atoms with van der Waals surface area (Å²) in [4.78, 5) is 0. The van der Waals surface area contributed by atoms with Gasteiger partial charge < -0.3 is 15.2 Å². The van der Waals surface area contributed by atoms with Crippen molar-refractivity contribution in [3.8, 4) is 11.5 Å². The van der Waals surface area contributed by atoms with Crippen molar-refractivity contribution in [3.05, 3.63) is 23.8 Å². The van der Waals surface area contributed by atoms with Crippen LogP contribution in [0.1, 0.15) is 25.3 Å². The Hall–Kier alpha value is -1.22. The van der Waals surface area contributed by atoms with Crippen molar-refractivity contribution >= 4 is 0 Å². The molecule has 1 aliphatic rings. The Morgan fingerprint density at radius 3 is 2.93 bits per heavy atom. The van der Waals surface area contributed by atoms with E-state index in [2.05, 4.69) is 13.0 Å². The Kier molecular flexibility index (Phi) is 3.11. The van der Waals surface area contributed by atoms with Gasteiger partial charge in [-0.15, -0.1) is 0 Å². The van der Waals surface area contributed by atoms with Crippen molar-refractivity contribution in [1.82, 2.24) is 0 Å². The van der Waals surface area contributed by atoms with Crippen molar-refractivity contribution in [3.63, 3.8) is 0 Å². The van der Waals surface area contributed by atoms with Crippen LogP contribution in [0.15, 0.2) is 18.2 Å². The zero-order chi connectivity index (χ0) is 10.7. The zero-order valence-corrected chi connectivity index (χ0v) is 9.03. The molecule has 2 rings (SSSR count). The van der Waals surface area contributed by atoms with Gasteiger partial charge >= 0.3 is 0 Å². The molecule has 82 valence electrons. The van der Waals surface area contributed by atoms with Crippen LogP contribution in [0.25, 0.3) is 0 Å². The summed E-state index contributed by atoms with van der Waals surface area (Å²) in [5.74, 6) is 1.68. The molecule has 3 heteroatoms. The summed E-state index contributed by atoms with van der Waals surface area (Å²) < 4.78 is 10.6. The smallest absolute Gasteiger partial charge is 0.231 e. The maximum absolute atomic E-state index is 5.99. The summed E-state index contributed by atoms with van der Waals surface area (Å²) in [6, 6.07) is 6.28. The summed E-state index contributed by atoms with van der Waals surface area (Å²) >= 11 is 0. The first-order valence-electron chi connectivity index (χ1n) is 5.43. The molecule has 0 amide bonds. The van der Waals surface area contributed by atoms with E-state index < -0.39 is 0 Å². The van der Waals surface area contributed by atoms with E-state index in [9.17, 15) is 0 Å². The van der Waals surface area contributed by atoms with Gasteiger partial charge in [0.1, 0.15) is 0 Å². The van der Waals surface area contributed by atoms with E-state index in [1.165, 1.54) is 5.56 Å². The van der Waals surface area contributed by atoms with Crippen LogP contribution in [0, 0.1) is 0 Å². The monoisotopic (exact) mass is 207 g/mol. The number of hydrogen-bond donors (Lipinski definition) is 1. The number of nitrogens with two attached hydrogens (primary N) is 1. The third-order valence-electron chi connectivity index (χ3n) is 2.59. The van der Waals surface area contributed by atoms with Gasteiger partial charge in [-0.3, -0.25) is 0 Å². The van der Waals surface area contributed by atoms with Crippen LogP contribution >= 0.6 is 0 Å². The fourth-order valence-electron chi connectivity index (χ4n) is 1.84. The highest BCUT2D eigenvalue weighted by Crippen LogP contribution is 2.32. The maximum atomic E-state index is 5.99. The SMILES string of the molecule is CCCC(N)Cc1ccc2c(c1)OCO2. The predicted molar refractivity (Wildman–Crippen MR) is 59.2 cm³/mol. The molecule has 1 aromatic rings. The summed E-state index contributed by atoms with van der Waals surface area (Å²) in [6.45, 7) is 2.49. The van der Waals surface area contributed by atoms with Crippen molar-refractivity contribution < 1.29 is 9.47 Å². The summed E-state index contributed by atoms with van der Waals surface area (Å²) in [5.41, 5.74) is 7.21. The third kappa shape index (κ3) is 2.42. The van der Waals surface area contributed by atoms with Crippen molar-refractivity contribution in [1.29, 1.82) is 0 Å². The van der Waals surface area contributed by atoms with Crippen LogP contribution in [0.3, 0.4) is 0 Å². The van der Waals surface area contributed by atoms with Gasteiger partial charge in [-0.2, -0.15) is 0 Å². The van der Waals surface area contributed by atoms with Crippen LogP contribution < -0.4 is 15.2 Å². The predicted octanol–water partition coefficient (Wildman–Crippen LogP) is 2.09. The normalized spacial score (nSPS) is 15.3. The van der Waals surface area contributed by atoms with Crippen LogP contribution in [0.5, 0.6) is 11.5 Å². The number of rotatable bonds is 4. The summed E-state index contributed by atoms with van der Waals surface area (Å²) in [6.07, 6.45) is 3.10. The minimum absolute atomic E-state index is 0.246. The molecule has 1 aliphatic heterocycles. The molecule has 0 fully saturated rings. The molecule has 0 saturated heterocycles. The van der Waals surface area contributed by atoms with Crippen LogP contribution in [-0.4, -0.2) is 12.8 Å². The largest absolute Gasteiger partial charge is 0.454 e. The van der Waals surface area contributed by atoms with E-state index in [0.717, 1.165) is 30.8 Å². The molecular formula is C12H17NO2. The van der Waals surface area contributed by atoms with Crippen molar-refractivity contribution in [2.24, 2.45) is 5.73 Å². The highest BCUT2D eigenvalue weighted by Gasteiger charge is 2.13. The van der Waals surface area contributed by atoms with Crippen LogP contribution in [0.4, 0.5) is 0 Å². The van der Waals surface area contributed by atoms with E-state index in [4.69, 9.17) is 15.2 Å². The Balaban J connectivity index is 2.03. The summed E-state index contributed by atoms with van der Waals surface area (Å²) in [7, 11) is 0. The Labute approximate surface area is 90.2 Å². The summed E-state index contributed by atoms with van der Waals surface area (Å²) in [5, 5.41) is 0. The van der Waals surface area contributed by atoms with Crippen LogP contribution in [-0.2, 0) is 6.42 Å². The Morgan fingerprint density at radius 1 is 1.33 bits per heavy atom. The minimum atomic E-state index is 0.246. The second kappa shape index (κ2) is 4.53. The standard InChI is InChI=1S/C12H17NO2/c1-2-3-10(13)6-9-4-5-11-12(7-9)15-8-14-11/h4-5,7,10H,2-3,6,8,13H2,1H3. The van der Waals surface area contributed by atoms with Crippen molar-refractivity contribution in [2.45, 2.75) is 32.2 Å². The van der Waals surface area contributed by atoms with E-state index in [1.54, 1.807) is 0 Å². The molecule has 0 saturated carbocycles. The second-order valence-corrected chi connectivity index (χ2v) is 3.94. The molecule has 0 aromatic heterocycles. The maximum Gasteiger partial charge on any atom is 0.231 e. The van der Waals surface area contributed by atoms with Gasteiger partial charge in [0, 0.05) is 6.04 Å². The second-order valence-electron chi connectivity index (χ2n) is 3.94. The molecule has 0 radical (unpaired) electrons. The van der Waals surface area contributed by atoms with Gasteiger partial charge in [-0.05, 0) is 30.5 Å². The Bertz CT molecular complexity index is 338. The first kappa shape index (κ1) is 10.3. The molecular weight excluding hydrogens is 190 g/mol. The van der Waals surface area contributed by atoms with Gasteiger partial charge in [0.05, 0.1) is 0 Å². The average Bonchev–Trinajstić information content (AvgIpc) is 2.65. The number of benzene rings is 1. The average molecular weight is 207 g/mol. The zero-order valence-electron chi connectivity index (χ0n) is 9.03. The topological polar surface area (TPSA) is 44.5 Å².